The molecule has 0 atom stereocenters. The molecule has 0 aliphatic heterocycles. The predicted molar refractivity (Wildman–Crippen MR) is 97.2 cm³/mol. The Morgan fingerprint density at radius 3 is 2.67 bits per heavy atom. The van der Waals surface area contributed by atoms with Crippen LogP contribution in [0, 0.1) is 5.82 Å². The highest BCUT2D eigenvalue weighted by Crippen LogP contribution is 2.19. The highest BCUT2D eigenvalue weighted by molar-refractivity contribution is 9.10. The fourth-order valence-electron chi connectivity index (χ4n) is 1.95. The third-order valence-corrected chi connectivity index (χ3v) is 3.94. The Hall–Kier alpha value is -1.63. The number of carbonyl (C=O) groups excluding carboxylic acids is 1. The van der Waals surface area contributed by atoms with Gasteiger partial charge in [-0.05, 0) is 49.5 Å². The molecule has 2 aromatic rings. The highest BCUT2D eigenvalue weighted by atomic mass is 79.9. The number of ether oxygens (including phenoxy) is 1. The number of halogens is 3. The Morgan fingerprint density at radius 2 is 2.00 bits per heavy atom. The molecular formula is C17H17BrClFN2O2. The molecule has 0 heterocycles. The van der Waals surface area contributed by atoms with Crippen LogP contribution in [0.4, 0.5) is 10.1 Å². The van der Waals surface area contributed by atoms with E-state index in [2.05, 4.69) is 21.2 Å². The molecule has 1 N–H and O–H groups in total. The lowest BCUT2D eigenvalue weighted by atomic mass is 10.3. The largest absolute Gasteiger partial charge is 0.492 e. The molecule has 0 saturated heterocycles. The fourth-order valence-corrected chi connectivity index (χ4v) is 2.38. The molecule has 2 rings (SSSR count). The van der Waals surface area contributed by atoms with Crippen LogP contribution < -0.4 is 10.1 Å². The number of nitrogens with one attached hydrogen (secondary N) is 1. The molecule has 7 heteroatoms. The summed E-state index contributed by atoms with van der Waals surface area (Å²) in [5.41, 5.74) is 0.115. The Labute approximate surface area is 153 Å². The lowest BCUT2D eigenvalue weighted by Gasteiger charge is -2.17. The Balaban J connectivity index is 1.74. The van der Waals surface area contributed by atoms with Gasteiger partial charge in [0.1, 0.15) is 18.2 Å². The molecule has 128 valence electrons. The van der Waals surface area contributed by atoms with Gasteiger partial charge in [0.05, 0.1) is 12.2 Å². The molecule has 2 aromatic carbocycles. The van der Waals surface area contributed by atoms with Crippen LogP contribution in [0.5, 0.6) is 5.75 Å². The van der Waals surface area contributed by atoms with Gasteiger partial charge in [-0.25, -0.2) is 4.39 Å². The van der Waals surface area contributed by atoms with E-state index in [1.807, 2.05) is 24.3 Å². The van der Waals surface area contributed by atoms with E-state index in [1.54, 1.807) is 11.9 Å². The average molecular weight is 416 g/mol. The van der Waals surface area contributed by atoms with E-state index in [0.29, 0.717) is 13.2 Å². The van der Waals surface area contributed by atoms with Crippen LogP contribution in [0.3, 0.4) is 0 Å². The number of anilines is 1. The number of benzene rings is 2. The third kappa shape index (κ3) is 6.11. The second kappa shape index (κ2) is 9.01. The first kappa shape index (κ1) is 18.7. The summed E-state index contributed by atoms with van der Waals surface area (Å²) in [5.74, 6) is -0.0984. The predicted octanol–water partition coefficient (Wildman–Crippen LogP) is 4.19. The summed E-state index contributed by atoms with van der Waals surface area (Å²) in [4.78, 5) is 13.7. The number of likely N-dealkylation sites (N-methyl/N-ethyl adjacent to an activating group) is 1. The van der Waals surface area contributed by atoms with Crippen LogP contribution in [-0.4, -0.2) is 37.6 Å². The van der Waals surface area contributed by atoms with Crippen molar-refractivity contribution in [1.29, 1.82) is 0 Å². The van der Waals surface area contributed by atoms with Crippen molar-refractivity contribution in [1.82, 2.24) is 4.90 Å². The number of nitrogens with zero attached hydrogens (tertiary/aromatic N) is 1. The van der Waals surface area contributed by atoms with Crippen LogP contribution in [0.1, 0.15) is 0 Å². The molecule has 24 heavy (non-hydrogen) atoms. The number of carbonyl (C=O) groups is 1. The molecule has 0 radical (unpaired) electrons. The zero-order chi connectivity index (χ0) is 17.5. The Bertz CT molecular complexity index is 697. The fraction of sp³-hybridized carbons (Fsp3) is 0.235. The van der Waals surface area contributed by atoms with Crippen molar-refractivity contribution in [3.05, 3.63) is 57.8 Å². The summed E-state index contributed by atoms with van der Waals surface area (Å²) in [6, 6.07) is 11.6. The maximum atomic E-state index is 13.6. The molecule has 0 fully saturated rings. The molecule has 0 aromatic heterocycles. The summed E-state index contributed by atoms with van der Waals surface area (Å²) < 4.78 is 20.2. The molecule has 0 aliphatic rings. The summed E-state index contributed by atoms with van der Waals surface area (Å²) >= 11 is 9.03. The number of hydrogen-bond donors (Lipinski definition) is 1. The Morgan fingerprint density at radius 1 is 1.29 bits per heavy atom. The summed E-state index contributed by atoms with van der Waals surface area (Å²) in [6.07, 6.45) is 0. The molecular weight excluding hydrogens is 399 g/mol. The van der Waals surface area contributed by atoms with Crippen molar-refractivity contribution in [2.45, 2.75) is 0 Å². The average Bonchev–Trinajstić information content (AvgIpc) is 2.52. The van der Waals surface area contributed by atoms with E-state index in [1.165, 1.54) is 12.1 Å². The third-order valence-electron chi connectivity index (χ3n) is 3.17. The number of amides is 1. The molecule has 0 saturated carbocycles. The minimum Gasteiger partial charge on any atom is -0.492 e. The number of rotatable bonds is 7. The van der Waals surface area contributed by atoms with Gasteiger partial charge in [0.25, 0.3) is 0 Å². The van der Waals surface area contributed by atoms with Crippen molar-refractivity contribution in [3.63, 3.8) is 0 Å². The van der Waals surface area contributed by atoms with Crippen LogP contribution >= 0.6 is 27.5 Å². The van der Waals surface area contributed by atoms with Gasteiger partial charge in [-0.1, -0.05) is 27.5 Å². The van der Waals surface area contributed by atoms with Gasteiger partial charge in [-0.2, -0.15) is 0 Å². The molecule has 1 amide bonds. The SMILES string of the molecule is CN(CCOc1ccc(Br)cc1)CC(=O)Nc1ccc(Cl)cc1F. The summed E-state index contributed by atoms with van der Waals surface area (Å²) in [6.45, 7) is 1.14. The topological polar surface area (TPSA) is 41.6 Å². The van der Waals surface area contributed by atoms with E-state index >= 15 is 0 Å². The molecule has 0 unspecified atom stereocenters. The van der Waals surface area contributed by atoms with Crippen molar-refractivity contribution in [2.24, 2.45) is 0 Å². The number of hydrogen-bond acceptors (Lipinski definition) is 3. The second-order valence-electron chi connectivity index (χ2n) is 5.21. The van der Waals surface area contributed by atoms with Crippen LogP contribution in [0.2, 0.25) is 5.02 Å². The first-order chi connectivity index (χ1) is 11.4. The maximum absolute atomic E-state index is 13.6. The maximum Gasteiger partial charge on any atom is 0.238 e. The van der Waals surface area contributed by atoms with Gasteiger partial charge in [0.15, 0.2) is 0 Å². The molecule has 0 spiro atoms. The van der Waals surface area contributed by atoms with Crippen molar-refractivity contribution in [3.8, 4) is 5.75 Å². The zero-order valence-electron chi connectivity index (χ0n) is 13.1. The van der Waals surface area contributed by atoms with Gasteiger partial charge in [-0.3, -0.25) is 9.69 Å². The Kier molecular flexibility index (Phi) is 7.02. The van der Waals surface area contributed by atoms with Crippen molar-refractivity contribution in [2.75, 3.05) is 32.1 Å². The first-order valence-electron chi connectivity index (χ1n) is 7.26. The van der Waals surface area contributed by atoms with Crippen molar-refractivity contribution < 1.29 is 13.9 Å². The highest BCUT2D eigenvalue weighted by Gasteiger charge is 2.10. The van der Waals surface area contributed by atoms with Crippen molar-refractivity contribution >= 4 is 39.1 Å². The van der Waals surface area contributed by atoms with Crippen LogP contribution in [0.25, 0.3) is 0 Å². The van der Waals surface area contributed by atoms with E-state index in [0.717, 1.165) is 16.3 Å². The van der Waals surface area contributed by atoms with Gasteiger partial charge in [0.2, 0.25) is 5.91 Å². The van der Waals surface area contributed by atoms with Gasteiger partial charge in [0, 0.05) is 16.0 Å². The van der Waals surface area contributed by atoms with Crippen LogP contribution in [0.15, 0.2) is 46.9 Å². The van der Waals surface area contributed by atoms with E-state index < -0.39 is 5.82 Å². The normalized spacial score (nSPS) is 10.7. The lowest BCUT2D eigenvalue weighted by Crippen LogP contribution is -2.33. The molecule has 0 aliphatic carbocycles. The molecule has 4 nitrogen and oxygen atoms in total. The smallest absolute Gasteiger partial charge is 0.238 e. The minimum atomic E-state index is -0.558. The van der Waals surface area contributed by atoms with E-state index in [9.17, 15) is 9.18 Å². The summed E-state index contributed by atoms with van der Waals surface area (Å²) in [5, 5.41) is 2.81. The minimum absolute atomic E-state index is 0.115. The quantitative estimate of drug-likeness (QED) is 0.737. The first-order valence-corrected chi connectivity index (χ1v) is 8.43. The summed E-state index contributed by atoms with van der Waals surface area (Å²) in [7, 11) is 1.79. The van der Waals surface area contributed by atoms with E-state index in [4.69, 9.17) is 16.3 Å². The van der Waals surface area contributed by atoms with E-state index in [-0.39, 0.29) is 23.2 Å². The van der Waals surface area contributed by atoms with Gasteiger partial charge < -0.3 is 10.1 Å². The van der Waals surface area contributed by atoms with Gasteiger partial charge in [-0.15, -0.1) is 0 Å². The second-order valence-corrected chi connectivity index (χ2v) is 6.56. The zero-order valence-corrected chi connectivity index (χ0v) is 15.4. The van der Waals surface area contributed by atoms with Crippen LogP contribution in [-0.2, 0) is 4.79 Å². The molecule has 0 bridgehead atoms. The van der Waals surface area contributed by atoms with Gasteiger partial charge >= 0.3 is 0 Å². The monoisotopic (exact) mass is 414 g/mol. The lowest BCUT2D eigenvalue weighted by molar-refractivity contribution is -0.117. The standard InChI is InChI=1S/C17H17BrClFN2O2/c1-22(8-9-24-14-5-2-12(18)3-6-14)11-17(23)21-16-7-4-13(19)10-15(16)20/h2-7,10H,8-9,11H2,1H3,(H,21,23).